The number of hydrogen-bond acceptors (Lipinski definition) is 6. The van der Waals surface area contributed by atoms with Crippen LogP contribution in [0.25, 0.3) is 10.9 Å². The highest BCUT2D eigenvalue weighted by molar-refractivity contribution is 6.36. The van der Waals surface area contributed by atoms with Crippen LogP contribution in [0.15, 0.2) is 48.8 Å². The predicted octanol–water partition coefficient (Wildman–Crippen LogP) is 4.88. The van der Waals surface area contributed by atoms with Crippen molar-refractivity contribution in [3.8, 4) is 6.07 Å². The van der Waals surface area contributed by atoms with Gasteiger partial charge in [0.2, 0.25) is 0 Å². The second-order valence-corrected chi connectivity index (χ2v) is 9.59. The smallest absolute Gasteiger partial charge is 0.123 e. The molecule has 35 heavy (non-hydrogen) atoms. The van der Waals surface area contributed by atoms with E-state index in [0.29, 0.717) is 56.2 Å². The molecule has 2 aliphatic rings. The third-order valence-corrected chi connectivity index (χ3v) is 6.74. The first-order valence-electron chi connectivity index (χ1n) is 11.5. The van der Waals surface area contributed by atoms with Gasteiger partial charge in [-0.15, -0.1) is 5.10 Å². The predicted molar refractivity (Wildman–Crippen MR) is 133 cm³/mol. The van der Waals surface area contributed by atoms with Crippen LogP contribution in [0.2, 0.25) is 5.02 Å². The molecule has 2 N–H and O–H groups in total. The maximum Gasteiger partial charge on any atom is 0.123 e. The first-order chi connectivity index (χ1) is 16.9. The Morgan fingerprint density at radius 2 is 1.94 bits per heavy atom. The number of nitrogens with zero attached hydrogens (tertiary/aromatic N) is 5. The van der Waals surface area contributed by atoms with E-state index >= 15 is 0 Å². The third kappa shape index (κ3) is 4.08. The Kier molecular flexibility index (Phi) is 5.15. The average molecular weight is 484 g/mol. The van der Waals surface area contributed by atoms with E-state index in [-0.39, 0.29) is 5.82 Å². The first-order valence-corrected chi connectivity index (χ1v) is 11.9. The Morgan fingerprint density at radius 1 is 1.17 bits per heavy atom. The van der Waals surface area contributed by atoms with E-state index in [1.54, 1.807) is 18.2 Å². The lowest BCUT2D eigenvalue weighted by atomic mass is 9.69. The van der Waals surface area contributed by atoms with Gasteiger partial charge in [0, 0.05) is 23.3 Å². The Labute approximate surface area is 207 Å². The largest absolute Gasteiger partial charge is 0.381 e. The summed E-state index contributed by atoms with van der Waals surface area (Å²) in [5, 5.41) is 26.2. The molecule has 0 amide bonds. The SMILES string of the molecule is [B]C(Nc1cc(Cl)c2ncc(C#N)c(NC3CC3)c2c1)(c1ccc(F)cc1)c1cn(C2CC2)nn1. The van der Waals surface area contributed by atoms with Gasteiger partial charge in [0.1, 0.15) is 25.4 Å². The molecule has 1 atom stereocenters. The highest BCUT2D eigenvalue weighted by atomic mass is 35.5. The van der Waals surface area contributed by atoms with E-state index in [1.807, 2.05) is 16.9 Å². The molecule has 2 aromatic heterocycles. The summed E-state index contributed by atoms with van der Waals surface area (Å²) >= 11 is 6.64. The number of aromatic nitrogens is 4. The summed E-state index contributed by atoms with van der Waals surface area (Å²) in [6, 6.07) is 12.4. The Morgan fingerprint density at radius 3 is 2.63 bits per heavy atom. The van der Waals surface area contributed by atoms with Crippen LogP contribution in [-0.2, 0) is 5.44 Å². The summed E-state index contributed by atoms with van der Waals surface area (Å²) in [6.45, 7) is 0. The number of nitrogens with one attached hydrogen (secondary N) is 2. The minimum Gasteiger partial charge on any atom is -0.381 e. The van der Waals surface area contributed by atoms with Crippen LogP contribution in [0, 0.1) is 17.1 Å². The van der Waals surface area contributed by atoms with Crippen molar-refractivity contribution >= 4 is 41.7 Å². The van der Waals surface area contributed by atoms with Gasteiger partial charge in [0.15, 0.2) is 0 Å². The Balaban J connectivity index is 1.47. The molecule has 10 heteroatoms. The molecule has 2 fully saturated rings. The van der Waals surface area contributed by atoms with Gasteiger partial charge >= 0.3 is 0 Å². The van der Waals surface area contributed by atoms with Gasteiger partial charge in [-0.25, -0.2) is 9.07 Å². The monoisotopic (exact) mass is 483 g/mol. The standard InChI is InChI=1S/C25H20BClFN7/c26-25(15-1-3-16(28)4-2-15,22-13-35(34-33-22)19-7-8-19)32-18-9-20-23(31-17-5-6-17)14(11-29)12-30-24(20)21(27)10-18/h1-4,9-10,12-13,17,19,32H,5-8H2,(H,30,31). The lowest BCUT2D eigenvalue weighted by Crippen LogP contribution is -2.37. The normalized spacial score (nSPS) is 17.1. The van der Waals surface area contributed by atoms with Gasteiger partial charge in [-0.2, -0.15) is 5.26 Å². The topological polar surface area (TPSA) is 91.5 Å². The minimum atomic E-state index is -1.32. The van der Waals surface area contributed by atoms with Crippen molar-refractivity contribution in [1.29, 1.82) is 5.26 Å². The number of rotatable bonds is 7. The van der Waals surface area contributed by atoms with Gasteiger partial charge in [0.25, 0.3) is 0 Å². The summed E-state index contributed by atoms with van der Waals surface area (Å²) < 4.78 is 15.5. The number of anilines is 2. The first kappa shape index (κ1) is 21.9. The van der Waals surface area contributed by atoms with Gasteiger partial charge < -0.3 is 10.6 Å². The summed E-state index contributed by atoms with van der Waals surface area (Å²) in [7, 11) is 6.96. The van der Waals surface area contributed by atoms with Gasteiger partial charge in [-0.1, -0.05) is 28.9 Å². The zero-order chi connectivity index (χ0) is 24.2. The molecule has 0 spiro atoms. The van der Waals surface area contributed by atoms with Crippen LogP contribution >= 0.6 is 11.6 Å². The van der Waals surface area contributed by atoms with Gasteiger partial charge in [0.05, 0.1) is 39.5 Å². The van der Waals surface area contributed by atoms with Crippen LogP contribution in [0.4, 0.5) is 15.8 Å². The van der Waals surface area contributed by atoms with Crippen LogP contribution in [0.1, 0.15) is 48.5 Å². The average Bonchev–Trinajstić information content (AvgIpc) is 3.79. The maximum atomic E-state index is 13.7. The van der Waals surface area contributed by atoms with E-state index in [1.165, 1.54) is 18.3 Å². The van der Waals surface area contributed by atoms with E-state index in [2.05, 4.69) is 32.0 Å². The molecule has 1 unspecified atom stereocenters. The lowest BCUT2D eigenvalue weighted by Gasteiger charge is -2.32. The molecule has 2 heterocycles. The summed E-state index contributed by atoms with van der Waals surface area (Å²) in [6.07, 6.45) is 7.56. The summed E-state index contributed by atoms with van der Waals surface area (Å²) in [5.74, 6) is -0.364. The fourth-order valence-corrected chi connectivity index (χ4v) is 4.47. The summed E-state index contributed by atoms with van der Waals surface area (Å²) in [5.41, 5.74) is 2.12. The van der Waals surface area contributed by atoms with Crippen molar-refractivity contribution in [2.45, 2.75) is 43.2 Å². The van der Waals surface area contributed by atoms with Crippen molar-refractivity contribution in [3.63, 3.8) is 0 Å². The molecular weight excluding hydrogens is 464 g/mol. The molecule has 2 saturated carbocycles. The van der Waals surface area contributed by atoms with E-state index < -0.39 is 5.44 Å². The van der Waals surface area contributed by atoms with Crippen molar-refractivity contribution < 1.29 is 4.39 Å². The molecule has 2 aromatic carbocycles. The number of hydrogen-bond donors (Lipinski definition) is 2. The second-order valence-electron chi connectivity index (χ2n) is 9.19. The number of fused-ring (bicyclic) bond motifs is 1. The third-order valence-electron chi connectivity index (χ3n) is 6.45. The van der Waals surface area contributed by atoms with Crippen molar-refractivity contribution in [2.24, 2.45) is 0 Å². The van der Waals surface area contributed by atoms with E-state index in [9.17, 15) is 9.65 Å². The zero-order valence-corrected chi connectivity index (χ0v) is 19.4. The molecule has 6 rings (SSSR count). The van der Waals surface area contributed by atoms with E-state index in [0.717, 1.165) is 25.7 Å². The van der Waals surface area contributed by atoms with Crippen molar-refractivity contribution in [2.75, 3.05) is 10.6 Å². The molecule has 2 radical (unpaired) electrons. The fourth-order valence-electron chi connectivity index (χ4n) is 4.20. The Hall–Kier alpha value is -3.64. The fraction of sp³-hybridized carbons (Fsp3) is 0.280. The van der Waals surface area contributed by atoms with Crippen LogP contribution in [0.3, 0.4) is 0 Å². The van der Waals surface area contributed by atoms with Crippen LogP contribution in [-0.4, -0.2) is 33.9 Å². The molecule has 0 saturated heterocycles. The van der Waals surface area contributed by atoms with Crippen molar-refractivity contribution in [1.82, 2.24) is 20.0 Å². The number of nitriles is 1. The maximum absolute atomic E-state index is 13.7. The van der Waals surface area contributed by atoms with Crippen molar-refractivity contribution in [3.05, 3.63) is 76.5 Å². The highest BCUT2D eigenvalue weighted by Gasteiger charge is 2.34. The highest BCUT2D eigenvalue weighted by Crippen LogP contribution is 2.39. The van der Waals surface area contributed by atoms with Gasteiger partial charge in [-0.05, 0) is 55.5 Å². The quantitative estimate of drug-likeness (QED) is 0.364. The molecule has 172 valence electrons. The molecular formula is C25H20BClFN7. The molecule has 0 bridgehead atoms. The minimum absolute atomic E-state index is 0.327. The number of benzene rings is 2. The van der Waals surface area contributed by atoms with Gasteiger partial charge in [-0.3, -0.25) is 4.98 Å². The number of halogens is 2. The zero-order valence-electron chi connectivity index (χ0n) is 18.7. The summed E-state index contributed by atoms with van der Waals surface area (Å²) in [4.78, 5) is 4.41. The molecule has 0 aliphatic heterocycles. The van der Waals surface area contributed by atoms with Crippen LogP contribution in [0.5, 0.6) is 0 Å². The second kappa shape index (κ2) is 8.24. The molecule has 4 aromatic rings. The Bertz CT molecular complexity index is 1470. The molecule has 2 aliphatic carbocycles. The lowest BCUT2D eigenvalue weighted by molar-refractivity contribution is 0.610. The van der Waals surface area contributed by atoms with E-state index in [4.69, 9.17) is 19.4 Å². The molecule has 7 nitrogen and oxygen atoms in total. The van der Waals surface area contributed by atoms with Crippen LogP contribution < -0.4 is 10.6 Å². The number of pyridine rings is 1.